The molecule has 5 rings (SSSR count). The molecule has 1 aliphatic heterocycles. The summed E-state index contributed by atoms with van der Waals surface area (Å²) in [4.78, 5) is 32.2. The van der Waals surface area contributed by atoms with Gasteiger partial charge in [-0.2, -0.15) is 0 Å². The fourth-order valence-corrected chi connectivity index (χ4v) is 5.43. The van der Waals surface area contributed by atoms with Crippen molar-refractivity contribution in [3.8, 4) is 17.0 Å². The summed E-state index contributed by atoms with van der Waals surface area (Å²) in [5, 5.41) is 6.39. The number of amides is 3. The van der Waals surface area contributed by atoms with E-state index in [-0.39, 0.29) is 31.5 Å². The van der Waals surface area contributed by atoms with E-state index in [9.17, 15) is 9.59 Å². The van der Waals surface area contributed by atoms with Gasteiger partial charge in [-0.05, 0) is 78.5 Å². The van der Waals surface area contributed by atoms with Gasteiger partial charge in [0.05, 0.1) is 27.3 Å². The number of aromatic nitrogens is 2. The average Bonchev–Trinajstić information content (AvgIpc) is 3.37. The molecule has 2 aromatic carbocycles. The number of urea groups is 1. The Labute approximate surface area is 254 Å². The van der Waals surface area contributed by atoms with Crippen LogP contribution in [0, 0.1) is 0 Å². The second-order valence-corrected chi connectivity index (χ2v) is 11.4. The van der Waals surface area contributed by atoms with E-state index < -0.39 is 0 Å². The molecule has 3 amide bonds. The van der Waals surface area contributed by atoms with Gasteiger partial charge < -0.3 is 24.7 Å². The maximum absolute atomic E-state index is 13.3. The van der Waals surface area contributed by atoms with Gasteiger partial charge in [0.1, 0.15) is 5.75 Å². The summed E-state index contributed by atoms with van der Waals surface area (Å²) < 4.78 is 8.61. The van der Waals surface area contributed by atoms with Gasteiger partial charge in [-0.15, -0.1) is 0 Å². The quantitative estimate of drug-likeness (QED) is 0.216. The number of nitrogens with zero attached hydrogens (tertiary/aromatic N) is 3. The van der Waals surface area contributed by atoms with Crippen LogP contribution in [0.15, 0.2) is 71.5 Å². The van der Waals surface area contributed by atoms with E-state index in [1.54, 1.807) is 23.1 Å². The van der Waals surface area contributed by atoms with Crippen LogP contribution in [0.25, 0.3) is 16.9 Å². The van der Waals surface area contributed by atoms with E-state index in [1.807, 2.05) is 67.0 Å². The predicted molar refractivity (Wildman–Crippen MR) is 167 cm³/mol. The molecule has 0 spiro atoms. The Kier molecular flexibility index (Phi) is 9.94. The van der Waals surface area contributed by atoms with Crippen LogP contribution in [0.5, 0.6) is 5.75 Å². The van der Waals surface area contributed by atoms with Crippen molar-refractivity contribution in [1.29, 1.82) is 0 Å². The second kappa shape index (κ2) is 13.4. The summed E-state index contributed by atoms with van der Waals surface area (Å²) in [6, 6.07) is 16.7. The van der Waals surface area contributed by atoms with Crippen molar-refractivity contribution in [3.63, 3.8) is 0 Å². The van der Waals surface area contributed by atoms with E-state index in [0.29, 0.717) is 42.4 Å². The molecule has 0 radical (unpaired) electrons. The van der Waals surface area contributed by atoms with Gasteiger partial charge in [0.15, 0.2) is 5.65 Å². The monoisotopic (exact) mass is 639 g/mol. The molecule has 3 heterocycles. The molecular weight excluding hydrogens is 606 g/mol. The number of imidazole rings is 1. The number of benzene rings is 2. The van der Waals surface area contributed by atoms with Crippen LogP contribution in [0.3, 0.4) is 0 Å². The first-order chi connectivity index (χ1) is 19.3. The minimum absolute atomic E-state index is 0. The van der Waals surface area contributed by atoms with Gasteiger partial charge >= 0.3 is 6.03 Å². The molecule has 8 nitrogen and oxygen atoms in total. The SMILES string of the molecule is C.CC(C)Oc1ccc(C(=O)N[C@@H](Cc2ccc(-c3cn4cccc(Br)c4n3)cc2)CN2CCCNC2=O)cc1Cl. The Morgan fingerprint density at radius 2 is 1.98 bits per heavy atom. The van der Waals surface area contributed by atoms with Gasteiger partial charge in [-0.3, -0.25) is 4.79 Å². The summed E-state index contributed by atoms with van der Waals surface area (Å²) in [5.74, 6) is 0.278. The normalized spacial score (nSPS) is 14.0. The standard InChI is InChI=1S/C30H31BrClN5O3.CH4/c1-19(2)40-27-11-10-22(16-25(27)32)29(38)34-23(17-37-14-4-12-33-30(37)39)15-20-6-8-21(9-7-20)26-18-36-13-3-5-24(31)28(36)35-26;/h3,5-11,13,16,18-19,23H,4,12,14-15,17H2,1-2H3,(H,33,39)(H,34,38);1H4/t23-;/m0./s1. The highest BCUT2D eigenvalue weighted by atomic mass is 79.9. The number of nitrogens with one attached hydrogen (secondary N) is 2. The number of hydrogen-bond acceptors (Lipinski definition) is 4. The van der Waals surface area contributed by atoms with Crippen molar-refractivity contribution in [2.24, 2.45) is 0 Å². The number of fused-ring (bicyclic) bond motifs is 1. The highest BCUT2D eigenvalue weighted by Crippen LogP contribution is 2.27. The molecule has 2 N–H and O–H groups in total. The van der Waals surface area contributed by atoms with Gasteiger partial charge in [0.2, 0.25) is 0 Å². The lowest BCUT2D eigenvalue weighted by molar-refractivity contribution is 0.0924. The Balaban J connectivity index is 0.00000387. The average molecular weight is 641 g/mol. The number of hydrogen-bond donors (Lipinski definition) is 2. The van der Waals surface area contributed by atoms with Crippen LogP contribution >= 0.6 is 27.5 Å². The van der Waals surface area contributed by atoms with E-state index in [2.05, 4.69) is 26.6 Å². The lowest BCUT2D eigenvalue weighted by Crippen LogP contribution is -2.52. The molecular formula is C31H35BrClN5O3. The second-order valence-electron chi connectivity index (χ2n) is 10.1. The number of rotatable bonds is 9. The fraction of sp³-hybridized carbons (Fsp3) is 0.323. The van der Waals surface area contributed by atoms with E-state index >= 15 is 0 Å². The van der Waals surface area contributed by atoms with Crippen LogP contribution in [0.1, 0.15) is 43.6 Å². The van der Waals surface area contributed by atoms with Crippen LogP contribution in [-0.2, 0) is 6.42 Å². The number of carbonyl (C=O) groups excluding carboxylic acids is 2. The lowest BCUT2D eigenvalue weighted by atomic mass is 10.0. The third kappa shape index (κ3) is 7.40. The fourth-order valence-electron chi connectivity index (χ4n) is 4.75. The summed E-state index contributed by atoms with van der Waals surface area (Å²) in [6.07, 6.45) is 5.35. The largest absolute Gasteiger partial charge is 0.489 e. The van der Waals surface area contributed by atoms with Crippen molar-refractivity contribution >= 4 is 45.1 Å². The summed E-state index contributed by atoms with van der Waals surface area (Å²) >= 11 is 9.94. The Morgan fingerprint density at radius 1 is 1.20 bits per heavy atom. The zero-order valence-electron chi connectivity index (χ0n) is 22.4. The maximum Gasteiger partial charge on any atom is 0.317 e. The molecule has 0 aliphatic carbocycles. The molecule has 4 aromatic rings. The number of ether oxygens (including phenoxy) is 1. The summed E-state index contributed by atoms with van der Waals surface area (Å²) in [7, 11) is 0. The first kappa shape index (κ1) is 30.4. The van der Waals surface area contributed by atoms with Crippen LogP contribution < -0.4 is 15.4 Å². The van der Waals surface area contributed by atoms with Crippen LogP contribution in [0.4, 0.5) is 4.79 Å². The minimum Gasteiger partial charge on any atom is -0.489 e. The van der Waals surface area contributed by atoms with Crippen molar-refractivity contribution in [2.45, 2.75) is 46.3 Å². The third-order valence-corrected chi connectivity index (χ3v) is 7.58. The third-order valence-electron chi connectivity index (χ3n) is 6.67. The van der Waals surface area contributed by atoms with Gasteiger partial charge in [-0.1, -0.05) is 43.3 Å². The van der Waals surface area contributed by atoms with Gasteiger partial charge in [0.25, 0.3) is 5.91 Å². The topological polar surface area (TPSA) is 88.0 Å². The van der Waals surface area contributed by atoms with Gasteiger partial charge in [0, 0.05) is 43.2 Å². The Bertz CT molecular complexity index is 1520. The van der Waals surface area contributed by atoms with Crippen molar-refractivity contribution < 1.29 is 14.3 Å². The molecule has 1 fully saturated rings. The smallest absolute Gasteiger partial charge is 0.317 e. The van der Waals surface area contributed by atoms with Crippen LogP contribution in [0.2, 0.25) is 5.02 Å². The zero-order chi connectivity index (χ0) is 28.2. The van der Waals surface area contributed by atoms with Crippen LogP contribution in [-0.4, -0.2) is 58.0 Å². The molecule has 10 heteroatoms. The van der Waals surface area contributed by atoms with Crippen molar-refractivity contribution in [2.75, 3.05) is 19.6 Å². The molecule has 1 atom stereocenters. The lowest BCUT2D eigenvalue weighted by Gasteiger charge is -2.31. The summed E-state index contributed by atoms with van der Waals surface area (Å²) in [6.45, 7) is 5.54. The molecule has 1 saturated heterocycles. The maximum atomic E-state index is 13.3. The molecule has 0 saturated carbocycles. The molecule has 41 heavy (non-hydrogen) atoms. The minimum atomic E-state index is -0.307. The first-order valence-electron chi connectivity index (χ1n) is 13.3. The molecule has 2 aromatic heterocycles. The Morgan fingerprint density at radius 3 is 2.66 bits per heavy atom. The first-order valence-corrected chi connectivity index (χ1v) is 14.5. The molecule has 0 unspecified atom stereocenters. The summed E-state index contributed by atoms with van der Waals surface area (Å²) in [5.41, 5.74) is 4.19. The van der Waals surface area contributed by atoms with Crippen molar-refractivity contribution in [3.05, 3.63) is 87.6 Å². The predicted octanol–water partition coefficient (Wildman–Crippen LogP) is 6.60. The number of pyridine rings is 1. The molecule has 216 valence electrons. The van der Waals surface area contributed by atoms with E-state index in [4.69, 9.17) is 21.3 Å². The number of carbonyl (C=O) groups is 2. The highest BCUT2D eigenvalue weighted by Gasteiger charge is 2.24. The van der Waals surface area contributed by atoms with E-state index in [1.165, 1.54) is 0 Å². The number of halogens is 2. The Hall–Kier alpha value is -3.56. The molecule has 0 bridgehead atoms. The zero-order valence-corrected chi connectivity index (χ0v) is 24.7. The van der Waals surface area contributed by atoms with E-state index in [0.717, 1.165) is 33.4 Å². The van der Waals surface area contributed by atoms with Crippen molar-refractivity contribution in [1.82, 2.24) is 24.9 Å². The highest BCUT2D eigenvalue weighted by molar-refractivity contribution is 9.10. The molecule has 1 aliphatic rings. The van der Waals surface area contributed by atoms with Gasteiger partial charge in [-0.25, -0.2) is 9.78 Å².